The number of quaternary nitrogens is 1. The van der Waals surface area contributed by atoms with Crippen LogP contribution in [0.25, 0.3) is 0 Å². The normalized spacial score (nSPS) is 14.2. The molecule has 0 aromatic heterocycles. The number of nitrogens with one attached hydrogen (secondary N) is 1. The minimum absolute atomic E-state index is 0.00965. The van der Waals surface area contributed by atoms with Crippen LogP contribution in [0.5, 0.6) is 0 Å². The van der Waals surface area contributed by atoms with Gasteiger partial charge in [0.2, 0.25) is 5.91 Å². The van der Waals surface area contributed by atoms with Crippen LogP contribution in [0, 0.1) is 0 Å². The Morgan fingerprint density at radius 3 is 1.16 bits per heavy atom. The minimum Gasteiger partial charge on any atom is -0.756 e. The van der Waals surface area contributed by atoms with E-state index in [0.717, 1.165) is 51.4 Å². The summed E-state index contributed by atoms with van der Waals surface area (Å²) in [5, 5.41) is 13.9. The Balaban J connectivity index is 4.01. The molecule has 0 spiro atoms. The van der Waals surface area contributed by atoms with E-state index in [0.29, 0.717) is 17.4 Å². The third-order valence-corrected chi connectivity index (χ3v) is 15.4. The number of nitrogens with zero attached hydrogens (tertiary/aromatic N) is 1. The Labute approximate surface area is 466 Å². The second kappa shape index (κ2) is 56.9. The standard InChI is InChI=1S/C66H125N2O6P/c1-6-8-10-12-14-16-18-20-22-24-25-26-27-28-29-30-31-32-33-34-35-36-37-38-39-40-41-42-43-44-46-48-50-52-54-56-58-60-66(70)67-64(63-74-75(71,72)73-62-61-68(3,4)5)65(69)59-57-55-53-51-49-47-45-23-21-19-17-15-13-11-9-7-2/h21,23,29-30,32-33,49,51,57,59,64-65,69H,6-20,22,24-28,31,34-48,50,52-56,58,60-63H2,1-5H3,(H-,67,70,71,72)/b23-21+,30-29-,33-32-,51-49+,59-57+. The number of likely N-dealkylation sites (N-methyl/N-ethyl adjacent to an activating group) is 1. The first-order valence-corrected chi connectivity index (χ1v) is 33.6. The minimum atomic E-state index is -4.61. The lowest BCUT2D eigenvalue weighted by Gasteiger charge is -2.29. The lowest BCUT2D eigenvalue weighted by atomic mass is 10.0. The van der Waals surface area contributed by atoms with Crippen LogP contribution >= 0.6 is 7.82 Å². The average Bonchev–Trinajstić information content (AvgIpc) is 3.37. The summed E-state index contributed by atoms with van der Waals surface area (Å²) in [6.45, 7) is 4.63. The number of unbranched alkanes of at least 4 members (excludes halogenated alkanes) is 38. The Morgan fingerprint density at radius 2 is 0.787 bits per heavy atom. The molecule has 440 valence electrons. The Kier molecular flexibility index (Phi) is 55.5. The molecule has 0 radical (unpaired) electrons. The van der Waals surface area contributed by atoms with Gasteiger partial charge in [0.1, 0.15) is 13.2 Å². The molecule has 2 N–H and O–H groups in total. The summed E-state index contributed by atoms with van der Waals surface area (Å²) in [5.74, 6) is -0.209. The molecular weight excluding hydrogens is 948 g/mol. The Morgan fingerprint density at radius 1 is 0.467 bits per heavy atom. The molecule has 8 nitrogen and oxygen atoms in total. The van der Waals surface area contributed by atoms with Gasteiger partial charge in [-0.2, -0.15) is 0 Å². The maximum absolute atomic E-state index is 13.0. The first-order valence-electron chi connectivity index (χ1n) is 32.2. The largest absolute Gasteiger partial charge is 0.756 e. The van der Waals surface area contributed by atoms with Gasteiger partial charge in [0.05, 0.1) is 39.9 Å². The molecule has 0 aromatic carbocycles. The monoisotopic (exact) mass is 1070 g/mol. The highest BCUT2D eigenvalue weighted by Gasteiger charge is 2.23. The quantitative estimate of drug-likeness (QED) is 0.0272. The molecular formula is C66H125N2O6P. The molecule has 0 aliphatic heterocycles. The summed E-state index contributed by atoms with van der Waals surface area (Å²) in [4.78, 5) is 25.5. The summed E-state index contributed by atoms with van der Waals surface area (Å²) in [6.07, 6.45) is 77.7. The van der Waals surface area contributed by atoms with Crippen LogP contribution in [0.3, 0.4) is 0 Å². The van der Waals surface area contributed by atoms with Crippen molar-refractivity contribution in [2.45, 2.75) is 315 Å². The molecule has 0 saturated heterocycles. The number of aliphatic hydroxyl groups excluding tert-OH is 1. The van der Waals surface area contributed by atoms with Crippen LogP contribution in [-0.2, 0) is 18.4 Å². The van der Waals surface area contributed by atoms with Crippen molar-refractivity contribution in [3.63, 3.8) is 0 Å². The summed E-state index contributed by atoms with van der Waals surface area (Å²) in [7, 11) is 1.24. The number of phosphoric acid groups is 1. The van der Waals surface area contributed by atoms with Crippen molar-refractivity contribution in [1.82, 2.24) is 5.32 Å². The zero-order valence-corrected chi connectivity index (χ0v) is 51.1. The molecule has 9 heteroatoms. The van der Waals surface area contributed by atoms with Crippen LogP contribution in [0.2, 0.25) is 0 Å². The third kappa shape index (κ3) is 59.7. The van der Waals surface area contributed by atoms with E-state index in [1.807, 2.05) is 27.2 Å². The number of allylic oxidation sites excluding steroid dienone is 9. The van der Waals surface area contributed by atoms with E-state index in [4.69, 9.17) is 9.05 Å². The molecule has 0 aliphatic rings. The van der Waals surface area contributed by atoms with Gasteiger partial charge >= 0.3 is 0 Å². The zero-order chi connectivity index (χ0) is 54.9. The Bertz CT molecular complexity index is 1400. The Hall–Kier alpha value is -1.80. The molecule has 0 bridgehead atoms. The van der Waals surface area contributed by atoms with Crippen molar-refractivity contribution >= 4 is 13.7 Å². The summed E-state index contributed by atoms with van der Waals surface area (Å²) in [5.41, 5.74) is 0. The van der Waals surface area contributed by atoms with Gasteiger partial charge in [0.25, 0.3) is 7.82 Å². The van der Waals surface area contributed by atoms with E-state index in [1.54, 1.807) is 6.08 Å². The van der Waals surface area contributed by atoms with Crippen molar-refractivity contribution in [1.29, 1.82) is 0 Å². The van der Waals surface area contributed by atoms with Crippen LogP contribution in [0.15, 0.2) is 60.8 Å². The molecule has 3 unspecified atom stereocenters. The van der Waals surface area contributed by atoms with Crippen molar-refractivity contribution in [3.05, 3.63) is 60.8 Å². The van der Waals surface area contributed by atoms with E-state index in [1.165, 1.54) is 231 Å². The van der Waals surface area contributed by atoms with Crippen molar-refractivity contribution in [2.24, 2.45) is 0 Å². The lowest BCUT2D eigenvalue weighted by molar-refractivity contribution is -0.870. The van der Waals surface area contributed by atoms with Crippen LogP contribution in [0.4, 0.5) is 0 Å². The van der Waals surface area contributed by atoms with Gasteiger partial charge in [-0.3, -0.25) is 9.36 Å². The number of rotatable bonds is 59. The van der Waals surface area contributed by atoms with Crippen LogP contribution < -0.4 is 10.2 Å². The number of hydrogen-bond donors (Lipinski definition) is 2. The first kappa shape index (κ1) is 73.2. The maximum atomic E-state index is 13.0. The van der Waals surface area contributed by atoms with Gasteiger partial charge in [-0.15, -0.1) is 0 Å². The van der Waals surface area contributed by atoms with E-state index in [9.17, 15) is 19.4 Å². The summed E-state index contributed by atoms with van der Waals surface area (Å²) in [6, 6.07) is -0.911. The number of carbonyl (C=O) groups excluding carboxylic acids is 1. The predicted octanol–water partition coefficient (Wildman–Crippen LogP) is 19.4. The summed E-state index contributed by atoms with van der Waals surface area (Å²) < 4.78 is 23.3. The number of aliphatic hydroxyl groups is 1. The highest BCUT2D eigenvalue weighted by Crippen LogP contribution is 2.38. The number of amides is 1. The zero-order valence-electron chi connectivity index (χ0n) is 50.3. The smallest absolute Gasteiger partial charge is 0.268 e. The second-order valence-corrected chi connectivity index (χ2v) is 24.5. The molecule has 0 fully saturated rings. The van der Waals surface area contributed by atoms with E-state index >= 15 is 0 Å². The first-order chi connectivity index (χ1) is 36.5. The molecule has 75 heavy (non-hydrogen) atoms. The van der Waals surface area contributed by atoms with E-state index in [2.05, 4.69) is 67.8 Å². The lowest BCUT2D eigenvalue weighted by Crippen LogP contribution is -2.45. The molecule has 0 saturated carbocycles. The number of carbonyl (C=O) groups is 1. The molecule has 0 rings (SSSR count). The highest BCUT2D eigenvalue weighted by atomic mass is 31.2. The summed E-state index contributed by atoms with van der Waals surface area (Å²) >= 11 is 0. The number of hydrogen-bond acceptors (Lipinski definition) is 6. The molecule has 1 amide bonds. The SMILES string of the molecule is CCCCCCCC/C=C/CC/C=C/CC/C=C/C(O)C(COP(=O)([O-])OCC[N+](C)(C)C)NC(=O)CCCCCCCCCCCCCCCCCCC/C=C\C/C=C\CCCCCCCCCCCCCCC. The van der Waals surface area contributed by atoms with Crippen LogP contribution in [0.1, 0.15) is 303 Å². The van der Waals surface area contributed by atoms with Gasteiger partial charge in [-0.05, 0) is 77.0 Å². The highest BCUT2D eigenvalue weighted by molar-refractivity contribution is 7.45. The van der Waals surface area contributed by atoms with Gasteiger partial charge in [0, 0.05) is 6.42 Å². The average molecular weight is 1070 g/mol. The predicted molar refractivity (Wildman–Crippen MR) is 325 cm³/mol. The van der Waals surface area contributed by atoms with Gasteiger partial charge in [-0.25, -0.2) is 0 Å². The topological polar surface area (TPSA) is 108 Å². The van der Waals surface area contributed by atoms with Gasteiger partial charge < -0.3 is 28.8 Å². The second-order valence-electron chi connectivity index (χ2n) is 23.1. The van der Waals surface area contributed by atoms with E-state index < -0.39 is 26.6 Å². The van der Waals surface area contributed by atoms with Crippen LogP contribution in [-0.4, -0.2) is 68.5 Å². The molecule has 0 aliphatic carbocycles. The molecule has 3 atom stereocenters. The van der Waals surface area contributed by atoms with Crippen molar-refractivity contribution in [2.75, 3.05) is 40.9 Å². The van der Waals surface area contributed by atoms with Crippen molar-refractivity contribution < 1.29 is 32.9 Å². The van der Waals surface area contributed by atoms with Gasteiger partial charge in [0.15, 0.2) is 0 Å². The number of phosphoric ester groups is 1. The molecule has 0 heterocycles. The molecule has 0 aromatic rings. The maximum Gasteiger partial charge on any atom is 0.268 e. The fourth-order valence-electron chi connectivity index (χ4n) is 9.39. The fraction of sp³-hybridized carbons (Fsp3) is 0.833. The van der Waals surface area contributed by atoms with Crippen molar-refractivity contribution in [3.8, 4) is 0 Å². The fourth-order valence-corrected chi connectivity index (χ4v) is 10.1. The van der Waals surface area contributed by atoms with Gasteiger partial charge in [-0.1, -0.05) is 280 Å². The third-order valence-electron chi connectivity index (χ3n) is 14.4. The van der Waals surface area contributed by atoms with E-state index in [-0.39, 0.29) is 12.5 Å².